The standard InChI is InChI=1S/C14H21NO3/c1-2-3-4-7-10-15-13(16)11-8-5-6-9-12(11)14(17)18/h1,11-12H,3-10H2,(H,15,16)(H,17,18)/t11-,12+/m1/s1. The zero-order valence-corrected chi connectivity index (χ0v) is 10.7. The monoisotopic (exact) mass is 251 g/mol. The van der Waals surface area contributed by atoms with Gasteiger partial charge >= 0.3 is 5.97 Å². The van der Waals surface area contributed by atoms with E-state index >= 15 is 0 Å². The highest BCUT2D eigenvalue weighted by molar-refractivity contribution is 5.84. The Morgan fingerprint density at radius 3 is 2.50 bits per heavy atom. The van der Waals surface area contributed by atoms with E-state index in [0.29, 0.717) is 19.4 Å². The van der Waals surface area contributed by atoms with Crippen molar-refractivity contribution in [2.45, 2.75) is 44.9 Å². The fourth-order valence-electron chi connectivity index (χ4n) is 2.44. The Kier molecular flexibility index (Phi) is 6.27. The average molecular weight is 251 g/mol. The number of carboxylic acid groups (broad SMARTS) is 1. The molecule has 0 aromatic carbocycles. The topological polar surface area (TPSA) is 66.4 Å². The van der Waals surface area contributed by atoms with Crippen LogP contribution in [0.3, 0.4) is 0 Å². The van der Waals surface area contributed by atoms with Gasteiger partial charge in [-0.2, -0.15) is 0 Å². The van der Waals surface area contributed by atoms with E-state index in [-0.39, 0.29) is 11.8 Å². The third-order valence-corrected chi connectivity index (χ3v) is 3.47. The molecule has 18 heavy (non-hydrogen) atoms. The van der Waals surface area contributed by atoms with E-state index in [1.165, 1.54) is 0 Å². The molecule has 0 unspecified atom stereocenters. The van der Waals surface area contributed by atoms with Crippen molar-refractivity contribution >= 4 is 11.9 Å². The van der Waals surface area contributed by atoms with Crippen molar-refractivity contribution in [1.82, 2.24) is 5.32 Å². The number of carbonyl (C=O) groups excluding carboxylic acids is 1. The molecule has 0 aliphatic heterocycles. The highest BCUT2D eigenvalue weighted by Crippen LogP contribution is 2.30. The summed E-state index contributed by atoms with van der Waals surface area (Å²) in [6, 6.07) is 0. The second-order valence-electron chi connectivity index (χ2n) is 4.79. The number of terminal acetylenes is 1. The van der Waals surface area contributed by atoms with Crippen molar-refractivity contribution in [3.05, 3.63) is 0 Å². The lowest BCUT2D eigenvalue weighted by Gasteiger charge is -2.27. The predicted molar refractivity (Wildman–Crippen MR) is 68.8 cm³/mol. The van der Waals surface area contributed by atoms with Crippen molar-refractivity contribution in [3.8, 4) is 12.3 Å². The van der Waals surface area contributed by atoms with E-state index in [2.05, 4.69) is 11.2 Å². The summed E-state index contributed by atoms with van der Waals surface area (Å²) in [7, 11) is 0. The van der Waals surface area contributed by atoms with Gasteiger partial charge in [-0.25, -0.2) is 0 Å². The maximum atomic E-state index is 11.9. The van der Waals surface area contributed by atoms with Crippen LogP contribution in [0.25, 0.3) is 0 Å². The lowest BCUT2D eigenvalue weighted by atomic mass is 9.78. The van der Waals surface area contributed by atoms with Gasteiger partial charge in [0.1, 0.15) is 0 Å². The molecule has 1 fully saturated rings. The van der Waals surface area contributed by atoms with Crippen LogP contribution in [0.1, 0.15) is 44.9 Å². The van der Waals surface area contributed by atoms with Crippen molar-refractivity contribution in [3.63, 3.8) is 0 Å². The Labute approximate surface area is 108 Å². The van der Waals surface area contributed by atoms with Gasteiger partial charge in [-0.1, -0.05) is 12.8 Å². The molecule has 0 aromatic rings. The molecule has 1 saturated carbocycles. The number of aliphatic carboxylic acids is 1. The molecule has 0 spiro atoms. The number of carboxylic acids is 1. The van der Waals surface area contributed by atoms with Crippen LogP contribution in [-0.2, 0) is 9.59 Å². The molecule has 4 nitrogen and oxygen atoms in total. The minimum atomic E-state index is -0.845. The van der Waals surface area contributed by atoms with Gasteiger partial charge in [0, 0.05) is 13.0 Å². The molecule has 4 heteroatoms. The van der Waals surface area contributed by atoms with Gasteiger partial charge in [-0.15, -0.1) is 12.3 Å². The highest BCUT2D eigenvalue weighted by atomic mass is 16.4. The van der Waals surface area contributed by atoms with Crippen molar-refractivity contribution in [1.29, 1.82) is 0 Å². The Balaban J connectivity index is 2.34. The minimum absolute atomic E-state index is 0.109. The number of hydrogen-bond donors (Lipinski definition) is 2. The third kappa shape index (κ3) is 4.40. The molecule has 0 radical (unpaired) electrons. The molecular weight excluding hydrogens is 230 g/mol. The predicted octanol–water partition coefficient (Wildman–Crippen LogP) is 1.80. The van der Waals surface area contributed by atoms with E-state index in [0.717, 1.165) is 32.1 Å². The Morgan fingerprint density at radius 1 is 1.22 bits per heavy atom. The fraction of sp³-hybridized carbons (Fsp3) is 0.714. The molecule has 0 aromatic heterocycles. The number of unbranched alkanes of at least 4 members (excludes halogenated alkanes) is 2. The minimum Gasteiger partial charge on any atom is -0.481 e. The van der Waals surface area contributed by atoms with Crippen LogP contribution in [0, 0.1) is 24.2 Å². The van der Waals surface area contributed by atoms with E-state index in [1.807, 2.05) is 0 Å². The van der Waals surface area contributed by atoms with Crippen LogP contribution in [0.5, 0.6) is 0 Å². The first-order chi connectivity index (χ1) is 8.66. The van der Waals surface area contributed by atoms with Gasteiger partial charge in [-0.3, -0.25) is 9.59 Å². The maximum absolute atomic E-state index is 11.9. The van der Waals surface area contributed by atoms with Crippen LogP contribution >= 0.6 is 0 Å². The van der Waals surface area contributed by atoms with Crippen molar-refractivity contribution in [2.24, 2.45) is 11.8 Å². The summed E-state index contributed by atoms with van der Waals surface area (Å²) in [5.41, 5.74) is 0. The van der Waals surface area contributed by atoms with Gasteiger partial charge in [0.2, 0.25) is 5.91 Å². The summed E-state index contributed by atoms with van der Waals surface area (Å²) < 4.78 is 0. The first-order valence-corrected chi connectivity index (χ1v) is 6.60. The molecule has 0 bridgehead atoms. The molecule has 1 rings (SSSR count). The van der Waals surface area contributed by atoms with E-state index < -0.39 is 11.9 Å². The van der Waals surface area contributed by atoms with E-state index in [4.69, 9.17) is 11.5 Å². The quantitative estimate of drug-likeness (QED) is 0.559. The Bertz CT molecular complexity index is 332. The molecule has 100 valence electrons. The van der Waals surface area contributed by atoms with Crippen LogP contribution in [0.2, 0.25) is 0 Å². The molecule has 2 atom stereocenters. The lowest BCUT2D eigenvalue weighted by Crippen LogP contribution is -2.40. The van der Waals surface area contributed by atoms with Crippen LogP contribution in [-0.4, -0.2) is 23.5 Å². The zero-order chi connectivity index (χ0) is 13.4. The van der Waals surface area contributed by atoms with Gasteiger partial charge in [-0.05, 0) is 25.7 Å². The molecule has 1 aliphatic rings. The summed E-state index contributed by atoms with van der Waals surface area (Å²) in [6.07, 6.45) is 10.7. The summed E-state index contributed by atoms with van der Waals surface area (Å²) in [6.45, 7) is 0.587. The van der Waals surface area contributed by atoms with Gasteiger partial charge in [0.25, 0.3) is 0 Å². The number of hydrogen-bond acceptors (Lipinski definition) is 2. The maximum Gasteiger partial charge on any atom is 0.307 e. The second kappa shape index (κ2) is 7.75. The first-order valence-electron chi connectivity index (χ1n) is 6.60. The third-order valence-electron chi connectivity index (χ3n) is 3.47. The van der Waals surface area contributed by atoms with Crippen LogP contribution < -0.4 is 5.32 Å². The second-order valence-corrected chi connectivity index (χ2v) is 4.79. The van der Waals surface area contributed by atoms with Gasteiger partial charge < -0.3 is 10.4 Å². The Hall–Kier alpha value is -1.50. The van der Waals surface area contributed by atoms with Crippen molar-refractivity contribution in [2.75, 3.05) is 6.54 Å². The van der Waals surface area contributed by atoms with Crippen molar-refractivity contribution < 1.29 is 14.7 Å². The summed E-state index contributed by atoms with van der Waals surface area (Å²) in [4.78, 5) is 23.0. The van der Waals surface area contributed by atoms with E-state index in [9.17, 15) is 9.59 Å². The first kappa shape index (κ1) is 14.6. The largest absolute Gasteiger partial charge is 0.481 e. The lowest BCUT2D eigenvalue weighted by molar-refractivity contribution is -0.148. The zero-order valence-electron chi connectivity index (χ0n) is 10.7. The highest BCUT2D eigenvalue weighted by Gasteiger charge is 2.35. The van der Waals surface area contributed by atoms with E-state index in [1.54, 1.807) is 0 Å². The summed E-state index contributed by atoms with van der Waals surface area (Å²) in [5, 5.41) is 11.9. The number of nitrogens with one attached hydrogen (secondary N) is 1. The summed E-state index contributed by atoms with van der Waals surface area (Å²) >= 11 is 0. The van der Waals surface area contributed by atoms with Gasteiger partial charge in [0.05, 0.1) is 11.8 Å². The number of rotatable bonds is 6. The molecule has 2 N–H and O–H groups in total. The fourth-order valence-corrected chi connectivity index (χ4v) is 2.44. The normalized spacial score (nSPS) is 23.1. The molecule has 1 aliphatic carbocycles. The molecule has 0 saturated heterocycles. The Morgan fingerprint density at radius 2 is 1.89 bits per heavy atom. The van der Waals surface area contributed by atoms with Crippen LogP contribution in [0.4, 0.5) is 0 Å². The SMILES string of the molecule is C#CCCCCNC(=O)[C@@H]1CCCC[C@@H]1C(=O)O. The molecular formula is C14H21NO3. The van der Waals surface area contributed by atoms with Crippen LogP contribution in [0.15, 0.2) is 0 Å². The number of amides is 1. The smallest absolute Gasteiger partial charge is 0.307 e. The van der Waals surface area contributed by atoms with Gasteiger partial charge in [0.15, 0.2) is 0 Å². The molecule has 1 amide bonds. The number of carbonyl (C=O) groups is 2. The average Bonchev–Trinajstić information content (AvgIpc) is 2.38. The summed E-state index contributed by atoms with van der Waals surface area (Å²) in [5.74, 6) is 0.730. The molecule has 0 heterocycles.